The number of aryl methyl sites for hydroxylation is 1. The van der Waals surface area contributed by atoms with Gasteiger partial charge in [0, 0.05) is 43.7 Å². The number of aliphatic carboxylic acids is 1. The minimum Gasteiger partial charge on any atom is -0.496 e. The van der Waals surface area contributed by atoms with Gasteiger partial charge in [-0.2, -0.15) is 0 Å². The van der Waals surface area contributed by atoms with Gasteiger partial charge in [-0.1, -0.05) is 41.4 Å². The molecule has 3 rings (SSSR count). The average molecular weight is 431 g/mol. The van der Waals surface area contributed by atoms with E-state index in [1.165, 1.54) is 12.7 Å². The SMILES string of the molecule is COc1ccc(Cl)cc1C(=O)N1CCN([C@@H](CCC(=O)O)c2ccc(C)cc2)CC1. The number of carbonyl (C=O) groups excluding carboxylic acids is 1. The third-order valence-corrected chi connectivity index (χ3v) is 5.76. The number of piperazine rings is 1. The van der Waals surface area contributed by atoms with E-state index in [2.05, 4.69) is 17.0 Å². The summed E-state index contributed by atoms with van der Waals surface area (Å²) in [6.07, 6.45) is 0.645. The topological polar surface area (TPSA) is 70.1 Å². The molecule has 0 spiro atoms. The first kappa shape index (κ1) is 22.1. The van der Waals surface area contributed by atoms with Crippen LogP contribution in [-0.4, -0.2) is 60.1 Å². The van der Waals surface area contributed by atoms with Gasteiger partial charge in [-0.3, -0.25) is 14.5 Å². The number of hydrogen-bond donors (Lipinski definition) is 1. The molecule has 2 aromatic carbocycles. The Balaban J connectivity index is 1.71. The molecule has 0 radical (unpaired) electrons. The van der Waals surface area contributed by atoms with E-state index in [-0.39, 0.29) is 18.4 Å². The summed E-state index contributed by atoms with van der Waals surface area (Å²) in [5.74, 6) is -0.397. The Bertz CT molecular complexity index is 893. The smallest absolute Gasteiger partial charge is 0.303 e. The van der Waals surface area contributed by atoms with Crippen molar-refractivity contribution in [2.24, 2.45) is 0 Å². The van der Waals surface area contributed by atoms with E-state index in [1.807, 2.05) is 19.1 Å². The van der Waals surface area contributed by atoms with Crippen molar-refractivity contribution < 1.29 is 19.4 Å². The van der Waals surface area contributed by atoms with Crippen LogP contribution < -0.4 is 4.74 Å². The van der Waals surface area contributed by atoms with Crippen LogP contribution in [-0.2, 0) is 4.79 Å². The molecule has 1 N–H and O–H groups in total. The Hall–Kier alpha value is -2.57. The molecule has 0 saturated carbocycles. The minimum atomic E-state index is -0.797. The van der Waals surface area contributed by atoms with E-state index < -0.39 is 5.97 Å². The predicted octanol–water partition coefficient (Wildman–Crippen LogP) is 4.02. The Morgan fingerprint density at radius 3 is 2.37 bits per heavy atom. The van der Waals surface area contributed by atoms with Gasteiger partial charge < -0.3 is 14.7 Å². The molecule has 6 nitrogen and oxygen atoms in total. The number of benzene rings is 2. The van der Waals surface area contributed by atoms with Gasteiger partial charge in [-0.15, -0.1) is 0 Å². The molecule has 1 fully saturated rings. The maximum absolute atomic E-state index is 13.0. The Morgan fingerprint density at radius 1 is 1.10 bits per heavy atom. The molecule has 30 heavy (non-hydrogen) atoms. The monoisotopic (exact) mass is 430 g/mol. The van der Waals surface area contributed by atoms with Gasteiger partial charge in [-0.25, -0.2) is 0 Å². The maximum Gasteiger partial charge on any atom is 0.303 e. The molecule has 0 aliphatic carbocycles. The molecule has 1 atom stereocenters. The fourth-order valence-electron chi connectivity index (χ4n) is 3.86. The second kappa shape index (κ2) is 9.96. The standard InChI is InChI=1S/C23H27ClN2O4/c1-16-3-5-17(6-4-16)20(8-10-22(27)28)25-11-13-26(14-12-25)23(29)19-15-18(24)7-9-21(19)30-2/h3-7,9,15,20H,8,10-14H2,1-2H3,(H,27,28)/t20-/m0/s1. The summed E-state index contributed by atoms with van der Waals surface area (Å²) in [5.41, 5.74) is 2.74. The first-order chi connectivity index (χ1) is 14.4. The van der Waals surface area contributed by atoms with Gasteiger partial charge in [0.2, 0.25) is 0 Å². The number of amides is 1. The summed E-state index contributed by atoms with van der Waals surface area (Å²) in [6, 6.07) is 13.3. The summed E-state index contributed by atoms with van der Waals surface area (Å²) in [6.45, 7) is 4.50. The minimum absolute atomic E-state index is 0.0136. The normalized spacial score (nSPS) is 15.6. The molecule has 1 amide bonds. The van der Waals surface area contributed by atoms with E-state index in [0.29, 0.717) is 48.9 Å². The van der Waals surface area contributed by atoms with Crippen LogP contribution in [0.1, 0.15) is 40.4 Å². The van der Waals surface area contributed by atoms with Crippen LogP contribution in [0.2, 0.25) is 5.02 Å². The van der Waals surface area contributed by atoms with Crippen molar-refractivity contribution in [1.82, 2.24) is 9.80 Å². The lowest BCUT2D eigenvalue weighted by molar-refractivity contribution is -0.137. The number of halogens is 1. The average Bonchev–Trinajstić information content (AvgIpc) is 2.75. The molecule has 0 aromatic heterocycles. The molecule has 160 valence electrons. The summed E-state index contributed by atoms with van der Waals surface area (Å²) in [4.78, 5) is 28.3. The van der Waals surface area contributed by atoms with Gasteiger partial charge in [0.25, 0.3) is 5.91 Å². The molecule has 0 unspecified atom stereocenters. The highest BCUT2D eigenvalue weighted by molar-refractivity contribution is 6.31. The quantitative estimate of drug-likeness (QED) is 0.718. The van der Waals surface area contributed by atoms with Gasteiger partial charge in [-0.05, 0) is 37.1 Å². The molecule has 1 saturated heterocycles. The van der Waals surface area contributed by atoms with E-state index in [9.17, 15) is 14.7 Å². The molecule has 0 bridgehead atoms. The predicted molar refractivity (Wildman–Crippen MR) is 116 cm³/mol. The number of carboxylic acid groups (broad SMARTS) is 1. The van der Waals surface area contributed by atoms with Crippen LogP contribution in [0.15, 0.2) is 42.5 Å². The Kier molecular flexibility index (Phi) is 7.34. The lowest BCUT2D eigenvalue weighted by Crippen LogP contribution is -2.49. The van der Waals surface area contributed by atoms with Crippen molar-refractivity contribution >= 4 is 23.5 Å². The number of rotatable bonds is 7. The number of nitrogens with zero attached hydrogens (tertiary/aromatic N) is 2. The van der Waals surface area contributed by atoms with Gasteiger partial charge in [0.05, 0.1) is 12.7 Å². The first-order valence-corrected chi connectivity index (χ1v) is 10.4. The second-order valence-corrected chi connectivity index (χ2v) is 7.97. The summed E-state index contributed by atoms with van der Waals surface area (Å²) < 4.78 is 5.32. The molecule has 1 aliphatic heterocycles. The van der Waals surface area contributed by atoms with Crippen molar-refractivity contribution in [3.63, 3.8) is 0 Å². The highest BCUT2D eigenvalue weighted by Crippen LogP contribution is 2.29. The zero-order valence-corrected chi connectivity index (χ0v) is 18.1. The lowest BCUT2D eigenvalue weighted by atomic mass is 9.98. The summed E-state index contributed by atoms with van der Waals surface area (Å²) in [5, 5.41) is 9.66. The Morgan fingerprint density at radius 2 is 1.77 bits per heavy atom. The van der Waals surface area contributed by atoms with Crippen molar-refractivity contribution in [2.75, 3.05) is 33.3 Å². The third-order valence-electron chi connectivity index (χ3n) is 5.53. The zero-order valence-electron chi connectivity index (χ0n) is 17.3. The third kappa shape index (κ3) is 5.32. The van der Waals surface area contributed by atoms with Gasteiger partial charge >= 0.3 is 5.97 Å². The van der Waals surface area contributed by atoms with Crippen LogP contribution >= 0.6 is 11.6 Å². The van der Waals surface area contributed by atoms with Crippen LogP contribution in [0.3, 0.4) is 0 Å². The van der Waals surface area contributed by atoms with Gasteiger partial charge in [0.1, 0.15) is 5.75 Å². The highest BCUT2D eigenvalue weighted by atomic mass is 35.5. The van der Waals surface area contributed by atoms with Crippen LogP contribution in [0.25, 0.3) is 0 Å². The molecule has 2 aromatic rings. The van der Waals surface area contributed by atoms with E-state index in [0.717, 1.165) is 5.56 Å². The van der Waals surface area contributed by atoms with Gasteiger partial charge in [0.15, 0.2) is 0 Å². The van der Waals surface area contributed by atoms with Crippen molar-refractivity contribution in [3.05, 3.63) is 64.2 Å². The first-order valence-electron chi connectivity index (χ1n) is 10.0. The number of ether oxygens (including phenoxy) is 1. The van der Waals surface area contributed by atoms with Crippen molar-refractivity contribution in [2.45, 2.75) is 25.8 Å². The van der Waals surface area contributed by atoms with Crippen LogP contribution in [0.5, 0.6) is 5.75 Å². The number of carbonyl (C=O) groups is 2. The number of methoxy groups -OCH3 is 1. The maximum atomic E-state index is 13.0. The van der Waals surface area contributed by atoms with Crippen molar-refractivity contribution in [3.8, 4) is 5.75 Å². The number of hydrogen-bond acceptors (Lipinski definition) is 4. The summed E-state index contributed by atoms with van der Waals surface area (Å²) in [7, 11) is 1.53. The fourth-order valence-corrected chi connectivity index (χ4v) is 4.04. The largest absolute Gasteiger partial charge is 0.496 e. The van der Waals surface area contributed by atoms with Crippen LogP contribution in [0.4, 0.5) is 0 Å². The fraction of sp³-hybridized carbons (Fsp3) is 0.391. The highest BCUT2D eigenvalue weighted by Gasteiger charge is 2.29. The molecular formula is C23H27ClN2O4. The van der Waals surface area contributed by atoms with E-state index in [1.54, 1.807) is 23.1 Å². The number of carboxylic acids is 1. The second-order valence-electron chi connectivity index (χ2n) is 7.53. The zero-order chi connectivity index (χ0) is 21.7. The molecular weight excluding hydrogens is 404 g/mol. The Labute approximate surface area is 182 Å². The molecule has 7 heteroatoms. The summed E-state index contributed by atoms with van der Waals surface area (Å²) >= 11 is 6.08. The van der Waals surface area contributed by atoms with Crippen LogP contribution in [0, 0.1) is 6.92 Å². The molecule has 1 heterocycles. The lowest BCUT2D eigenvalue weighted by Gasteiger charge is -2.39. The van der Waals surface area contributed by atoms with E-state index >= 15 is 0 Å². The van der Waals surface area contributed by atoms with E-state index in [4.69, 9.17) is 16.3 Å². The van der Waals surface area contributed by atoms with Crippen molar-refractivity contribution in [1.29, 1.82) is 0 Å². The molecule has 1 aliphatic rings.